The van der Waals surface area contributed by atoms with Crippen molar-refractivity contribution in [3.05, 3.63) is 35.9 Å². The summed E-state index contributed by atoms with van der Waals surface area (Å²) in [5.74, 6) is 2.56. The topological polar surface area (TPSA) is 44.7 Å². The van der Waals surface area contributed by atoms with Crippen LogP contribution < -0.4 is 5.32 Å². The highest BCUT2D eigenvalue weighted by Gasteiger charge is 2.63. The fourth-order valence-corrected chi connectivity index (χ4v) is 5.79. The second kappa shape index (κ2) is 7.62. The largest absolute Gasteiger partial charge is 0.354 e. The quantitative estimate of drug-likeness (QED) is 0.787. The lowest BCUT2D eigenvalue weighted by Gasteiger charge is -2.51. The first-order valence-electron chi connectivity index (χ1n) is 11.0. The third-order valence-electron chi connectivity index (χ3n) is 6.87. The lowest BCUT2D eigenvalue weighted by molar-refractivity contribution is -0.132. The van der Waals surface area contributed by atoms with Crippen LogP contribution in [0.2, 0.25) is 0 Å². The SMILES string of the molecule is CC(C)CNC(=O)C12CC3CN(CC(C)C)C(C3C=N1)C2Cc1ccccc1. The Labute approximate surface area is 169 Å². The molecular weight excluding hydrogens is 346 g/mol. The molecule has 3 aliphatic heterocycles. The van der Waals surface area contributed by atoms with Crippen LogP contribution in [0.1, 0.15) is 39.7 Å². The Morgan fingerprint density at radius 2 is 1.96 bits per heavy atom. The van der Waals surface area contributed by atoms with Gasteiger partial charge in [0.15, 0.2) is 0 Å². The number of amides is 1. The van der Waals surface area contributed by atoms with Crippen LogP contribution in [0, 0.1) is 29.6 Å². The van der Waals surface area contributed by atoms with Gasteiger partial charge < -0.3 is 5.32 Å². The average molecular weight is 382 g/mol. The predicted octanol–water partition coefficient (Wildman–Crippen LogP) is 3.42. The molecule has 0 spiro atoms. The first-order valence-corrected chi connectivity index (χ1v) is 11.0. The van der Waals surface area contributed by atoms with Crippen LogP contribution in [0.25, 0.3) is 0 Å². The van der Waals surface area contributed by atoms with Crippen molar-refractivity contribution in [2.24, 2.45) is 34.6 Å². The summed E-state index contributed by atoms with van der Waals surface area (Å²) in [5, 5.41) is 3.24. The van der Waals surface area contributed by atoms with E-state index < -0.39 is 5.54 Å². The molecule has 1 aliphatic carbocycles. The van der Waals surface area contributed by atoms with Crippen molar-refractivity contribution in [1.82, 2.24) is 10.2 Å². The van der Waals surface area contributed by atoms with E-state index in [-0.39, 0.29) is 11.8 Å². The van der Waals surface area contributed by atoms with E-state index in [1.807, 2.05) is 0 Å². The van der Waals surface area contributed by atoms with Gasteiger partial charge in [0.1, 0.15) is 5.54 Å². The van der Waals surface area contributed by atoms with Gasteiger partial charge in [-0.05, 0) is 36.2 Å². The fraction of sp³-hybridized carbons (Fsp3) is 0.667. The van der Waals surface area contributed by atoms with Gasteiger partial charge in [0, 0.05) is 43.7 Å². The first kappa shape index (κ1) is 19.6. The zero-order valence-corrected chi connectivity index (χ0v) is 17.8. The number of rotatable bonds is 7. The van der Waals surface area contributed by atoms with E-state index in [0.717, 1.165) is 32.5 Å². The summed E-state index contributed by atoms with van der Waals surface area (Å²) < 4.78 is 0. The monoisotopic (exact) mass is 381 g/mol. The Morgan fingerprint density at radius 1 is 1.21 bits per heavy atom. The van der Waals surface area contributed by atoms with Crippen molar-refractivity contribution in [3.8, 4) is 0 Å². The molecule has 1 saturated carbocycles. The molecule has 5 rings (SSSR count). The minimum atomic E-state index is -0.597. The summed E-state index contributed by atoms with van der Waals surface area (Å²) in [7, 11) is 0. The van der Waals surface area contributed by atoms with Gasteiger partial charge in [-0.1, -0.05) is 58.0 Å². The maximum atomic E-state index is 13.5. The van der Waals surface area contributed by atoms with Crippen molar-refractivity contribution in [1.29, 1.82) is 0 Å². The van der Waals surface area contributed by atoms with E-state index in [2.05, 4.69) is 74.5 Å². The van der Waals surface area contributed by atoms with Crippen molar-refractivity contribution in [2.75, 3.05) is 19.6 Å². The van der Waals surface area contributed by atoms with E-state index in [9.17, 15) is 4.79 Å². The number of carbonyl (C=O) groups is 1. The molecule has 5 atom stereocenters. The van der Waals surface area contributed by atoms with Crippen LogP contribution in [0.5, 0.6) is 0 Å². The number of carbonyl (C=O) groups excluding carboxylic acids is 1. The molecule has 4 aliphatic rings. The third-order valence-corrected chi connectivity index (χ3v) is 6.87. The Bertz CT molecular complexity index is 729. The maximum absolute atomic E-state index is 13.5. The van der Waals surface area contributed by atoms with Crippen LogP contribution in [-0.4, -0.2) is 48.2 Å². The van der Waals surface area contributed by atoms with Gasteiger partial charge in [-0.2, -0.15) is 0 Å². The van der Waals surface area contributed by atoms with Gasteiger partial charge >= 0.3 is 0 Å². The molecule has 152 valence electrons. The number of hydrogen-bond donors (Lipinski definition) is 1. The molecular formula is C24H35N3O. The summed E-state index contributed by atoms with van der Waals surface area (Å²) in [6.07, 6.45) is 3.98. The molecule has 28 heavy (non-hydrogen) atoms. The standard InChI is InChI=1S/C24H35N3O/c1-16(2)12-25-23(28)24-11-19-15-27(14-17(3)4)22(20(19)13-26-24)21(24)10-18-8-6-5-7-9-18/h5-9,13,16-17,19-22H,10-12,14-15H2,1-4H3,(H,25,28). The Balaban J connectivity index is 1.68. The molecule has 1 saturated heterocycles. The number of benzene rings is 1. The van der Waals surface area contributed by atoms with Crippen LogP contribution >= 0.6 is 0 Å². The molecule has 0 aromatic heterocycles. The zero-order chi connectivity index (χ0) is 19.9. The number of aliphatic imine (C=N–C) groups is 1. The molecule has 0 radical (unpaired) electrons. The minimum Gasteiger partial charge on any atom is -0.354 e. The van der Waals surface area contributed by atoms with Gasteiger partial charge in [-0.15, -0.1) is 0 Å². The van der Waals surface area contributed by atoms with Crippen molar-refractivity contribution in [2.45, 2.75) is 52.1 Å². The van der Waals surface area contributed by atoms with Gasteiger partial charge in [0.05, 0.1) is 0 Å². The van der Waals surface area contributed by atoms with Gasteiger partial charge in [-0.25, -0.2) is 0 Å². The third kappa shape index (κ3) is 3.41. The summed E-state index contributed by atoms with van der Waals surface area (Å²) in [4.78, 5) is 21.1. The molecule has 4 heteroatoms. The molecule has 1 aromatic carbocycles. The maximum Gasteiger partial charge on any atom is 0.248 e. The number of nitrogens with zero attached hydrogens (tertiary/aromatic N) is 2. The lowest BCUT2D eigenvalue weighted by atomic mass is 9.59. The molecule has 3 heterocycles. The Morgan fingerprint density at radius 3 is 2.64 bits per heavy atom. The number of hydrogen-bond acceptors (Lipinski definition) is 3. The second-order valence-electron chi connectivity index (χ2n) is 9.98. The number of nitrogens with one attached hydrogen (secondary N) is 1. The highest BCUT2D eigenvalue weighted by molar-refractivity contribution is 5.91. The Hall–Kier alpha value is -1.68. The van der Waals surface area contributed by atoms with Gasteiger partial charge in [-0.3, -0.25) is 14.7 Å². The minimum absolute atomic E-state index is 0.151. The van der Waals surface area contributed by atoms with Crippen LogP contribution in [-0.2, 0) is 11.2 Å². The zero-order valence-electron chi connectivity index (χ0n) is 17.8. The van der Waals surface area contributed by atoms with E-state index in [0.29, 0.717) is 29.7 Å². The summed E-state index contributed by atoms with van der Waals surface area (Å²) in [5.41, 5.74) is 0.722. The summed E-state index contributed by atoms with van der Waals surface area (Å²) in [6.45, 7) is 11.8. The second-order valence-corrected chi connectivity index (χ2v) is 9.98. The highest BCUT2D eigenvalue weighted by atomic mass is 16.2. The van der Waals surface area contributed by atoms with E-state index >= 15 is 0 Å². The molecule has 1 aromatic rings. The van der Waals surface area contributed by atoms with Crippen molar-refractivity contribution >= 4 is 12.1 Å². The van der Waals surface area contributed by atoms with Gasteiger partial charge in [0.2, 0.25) is 5.91 Å². The highest BCUT2D eigenvalue weighted by Crippen LogP contribution is 2.53. The van der Waals surface area contributed by atoms with Gasteiger partial charge in [0.25, 0.3) is 0 Å². The average Bonchev–Trinajstić information content (AvgIpc) is 2.95. The molecule has 4 bridgehead atoms. The van der Waals surface area contributed by atoms with Crippen molar-refractivity contribution in [3.63, 3.8) is 0 Å². The number of likely N-dealkylation sites (tertiary alicyclic amines) is 1. The predicted molar refractivity (Wildman–Crippen MR) is 115 cm³/mol. The lowest BCUT2D eigenvalue weighted by Crippen LogP contribution is -2.64. The molecule has 2 fully saturated rings. The first-order chi connectivity index (χ1) is 13.4. The van der Waals surface area contributed by atoms with Crippen LogP contribution in [0.15, 0.2) is 35.3 Å². The fourth-order valence-electron chi connectivity index (χ4n) is 5.79. The van der Waals surface area contributed by atoms with E-state index in [1.54, 1.807) is 0 Å². The molecule has 1 amide bonds. The Kier molecular flexibility index (Phi) is 5.34. The molecule has 1 N–H and O–H groups in total. The summed E-state index contributed by atoms with van der Waals surface area (Å²) >= 11 is 0. The molecule has 4 nitrogen and oxygen atoms in total. The van der Waals surface area contributed by atoms with E-state index in [4.69, 9.17) is 4.99 Å². The van der Waals surface area contributed by atoms with E-state index in [1.165, 1.54) is 5.56 Å². The normalized spacial score (nSPS) is 33.8. The van der Waals surface area contributed by atoms with Crippen molar-refractivity contribution < 1.29 is 4.79 Å². The smallest absolute Gasteiger partial charge is 0.248 e. The summed E-state index contributed by atoms with van der Waals surface area (Å²) in [6, 6.07) is 11.1. The molecule has 5 unspecified atom stereocenters. The van der Waals surface area contributed by atoms with Crippen LogP contribution in [0.4, 0.5) is 0 Å². The van der Waals surface area contributed by atoms with Crippen LogP contribution in [0.3, 0.4) is 0 Å².